The lowest BCUT2D eigenvalue weighted by atomic mass is 10.0. The van der Waals surface area contributed by atoms with E-state index in [1.54, 1.807) is 0 Å². The number of nitrogens with one attached hydrogen (secondary N) is 2. The van der Waals surface area contributed by atoms with Gasteiger partial charge in [-0.15, -0.1) is 35.0 Å². The number of primary amides is 1. The number of halogens is 2. The molecule has 3 atom stereocenters. The molecular formula is C19H25Cl2N5O. The van der Waals surface area contributed by atoms with Gasteiger partial charge in [-0.3, -0.25) is 4.79 Å². The number of amides is 1. The van der Waals surface area contributed by atoms with Crippen LogP contribution in [0.15, 0.2) is 36.4 Å². The minimum absolute atomic E-state index is 0. The second-order valence-electron chi connectivity index (χ2n) is 7.13. The molecule has 1 aromatic carbocycles. The van der Waals surface area contributed by atoms with Crippen LogP contribution in [0.5, 0.6) is 0 Å². The minimum atomic E-state index is -0.324. The Morgan fingerprint density at radius 3 is 2.26 bits per heavy atom. The quantitative estimate of drug-likeness (QED) is 0.704. The van der Waals surface area contributed by atoms with Crippen molar-refractivity contribution < 1.29 is 4.79 Å². The van der Waals surface area contributed by atoms with Gasteiger partial charge in [0.05, 0.1) is 12.1 Å². The average molecular weight is 410 g/mol. The van der Waals surface area contributed by atoms with Crippen molar-refractivity contribution in [2.24, 2.45) is 17.6 Å². The Morgan fingerprint density at radius 2 is 1.70 bits per heavy atom. The molecule has 2 fully saturated rings. The summed E-state index contributed by atoms with van der Waals surface area (Å²) in [6.07, 6.45) is 2.68. The zero-order chi connectivity index (χ0) is 17.2. The predicted molar refractivity (Wildman–Crippen MR) is 111 cm³/mol. The average Bonchev–Trinajstić information content (AvgIpc) is 3.17. The van der Waals surface area contributed by atoms with Crippen LogP contribution in [0.3, 0.4) is 0 Å². The van der Waals surface area contributed by atoms with Gasteiger partial charge in [0.15, 0.2) is 0 Å². The van der Waals surface area contributed by atoms with Gasteiger partial charge in [0.1, 0.15) is 5.82 Å². The Labute approximate surface area is 171 Å². The van der Waals surface area contributed by atoms with Crippen LogP contribution in [-0.2, 0) is 11.2 Å². The third-order valence-electron chi connectivity index (χ3n) is 5.30. The third-order valence-corrected chi connectivity index (χ3v) is 5.30. The highest BCUT2D eigenvalue weighted by molar-refractivity contribution is 5.85. The summed E-state index contributed by atoms with van der Waals surface area (Å²) >= 11 is 0. The summed E-state index contributed by atoms with van der Waals surface area (Å²) in [5.41, 5.74) is 7.92. The molecular weight excluding hydrogens is 385 g/mol. The summed E-state index contributed by atoms with van der Waals surface area (Å²) in [5, 5.41) is 15.7. The lowest BCUT2D eigenvalue weighted by molar-refractivity contribution is -0.117. The number of anilines is 1. The van der Waals surface area contributed by atoms with Crippen molar-refractivity contribution in [3.8, 4) is 11.3 Å². The van der Waals surface area contributed by atoms with Crippen molar-refractivity contribution in [2.45, 2.75) is 25.3 Å². The number of carbonyl (C=O) groups is 1. The number of nitrogens with zero attached hydrogens (tertiary/aromatic N) is 2. The fourth-order valence-corrected chi connectivity index (χ4v) is 4.05. The Kier molecular flexibility index (Phi) is 7.41. The molecule has 8 heteroatoms. The molecule has 2 aromatic rings. The molecule has 6 nitrogen and oxygen atoms in total. The number of hydrogen-bond donors (Lipinski definition) is 3. The molecule has 1 aliphatic heterocycles. The Hall–Kier alpha value is -1.89. The summed E-state index contributed by atoms with van der Waals surface area (Å²) < 4.78 is 0. The molecule has 2 aliphatic rings. The Balaban J connectivity index is 0.00000131. The van der Waals surface area contributed by atoms with Gasteiger partial charge < -0.3 is 16.4 Å². The van der Waals surface area contributed by atoms with Gasteiger partial charge in [0, 0.05) is 11.6 Å². The van der Waals surface area contributed by atoms with Crippen LogP contribution in [0.4, 0.5) is 5.82 Å². The smallest absolute Gasteiger partial charge is 0.221 e. The standard InChI is InChI=1S/C19H23N5O.2ClH/c20-18(25)7-12-1-3-13(4-2-12)17-5-6-19(24-23-17)22-16-8-14-10-21-11-15(14)9-16;;/h1-6,14-16,21H,7-11H2,(H2,20,25)(H,22,24);2*1H/t14-,15+,16?;;. The van der Waals surface area contributed by atoms with Gasteiger partial charge in [0.2, 0.25) is 5.91 Å². The largest absolute Gasteiger partial charge is 0.369 e. The Bertz CT molecular complexity index is 742. The zero-order valence-electron chi connectivity index (χ0n) is 14.9. The fraction of sp³-hybridized carbons (Fsp3) is 0.421. The van der Waals surface area contributed by atoms with E-state index in [1.807, 2.05) is 36.4 Å². The number of hydrogen-bond acceptors (Lipinski definition) is 5. The number of rotatable bonds is 5. The first-order valence-electron chi connectivity index (χ1n) is 8.86. The van der Waals surface area contributed by atoms with Crippen LogP contribution < -0.4 is 16.4 Å². The van der Waals surface area contributed by atoms with Crippen molar-refractivity contribution in [1.29, 1.82) is 0 Å². The molecule has 146 valence electrons. The van der Waals surface area contributed by atoms with Crippen molar-refractivity contribution in [3.63, 3.8) is 0 Å². The van der Waals surface area contributed by atoms with Crippen LogP contribution in [0.1, 0.15) is 18.4 Å². The zero-order valence-corrected chi connectivity index (χ0v) is 16.6. The summed E-state index contributed by atoms with van der Waals surface area (Å²) in [5.74, 6) is 2.13. The normalized spacial score (nSPS) is 23.0. The molecule has 4 rings (SSSR count). The molecule has 1 saturated heterocycles. The first kappa shape index (κ1) is 21.4. The minimum Gasteiger partial charge on any atom is -0.369 e. The molecule has 2 heterocycles. The molecule has 0 radical (unpaired) electrons. The van der Waals surface area contributed by atoms with E-state index < -0.39 is 0 Å². The molecule has 1 aliphatic carbocycles. The lowest BCUT2D eigenvalue weighted by Crippen LogP contribution is -2.21. The highest BCUT2D eigenvalue weighted by atomic mass is 35.5. The van der Waals surface area contributed by atoms with Crippen LogP contribution >= 0.6 is 24.8 Å². The maximum absolute atomic E-state index is 11.0. The van der Waals surface area contributed by atoms with Crippen molar-refractivity contribution >= 4 is 36.5 Å². The van der Waals surface area contributed by atoms with E-state index in [4.69, 9.17) is 5.73 Å². The van der Waals surface area contributed by atoms with Gasteiger partial charge >= 0.3 is 0 Å². The van der Waals surface area contributed by atoms with E-state index in [2.05, 4.69) is 20.8 Å². The molecule has 27 heavy (non-hydrogen) atoms. The van der Waals surface area contributed by atoms with E-state index in [-0.39, 0.29) is 37.1 Å². The summed E-state index contributed by atoms with van der Waals surface area (Å²) in [4.78, 5) is 11.0. The van der Waals surface area contributed by atoms with Crippen LogP contribution in [0.25, 0.3) is 11.3 Å². The Morgan fingerprint density at radius 1 is 1.04 bits per heavy atom. The highest BCUT2D eigenvalue weighted by Crippen LogP contribution is 2.35. The van der Waals surface area contributed by atoms with Crippen LogP contribution in [0, 0.1) is 11.8 Å². The summed E-state index contributed by atoms with van der Waals surface area (Å²) in [6, 6.07) is 12.2. The van der Waals surface area contributed by atoms with E-state index in [0.717, 1.165) is 47.6 Å². The first-order chi connectivity index (χ1) is 12.2. The number of nitrogens with two attached hydrogens (primary N) is 1. The van der Waals surface area contributed by atoms with Crippen LogP contribution in [0.2, 0.25) is 0 Å². The predicted octanol–water partition coefficient (Wildman–Crippen LogP) is 2.42. The number of benzene rings is 1. The van der Waals surface area contributed by atoms with Gasteiger partial charge in [-0.25, -0.2) is 0 Å². The molecule has 0 bridgehead atoms. The topological polar surface area (TPSA) is 92.9 Å². The maximum Gasteiger partial charge on any atom is 0.221 e. The molecule has 1 unspecified atom stereocenters. The first-order valence-corrected chi connectivity index (χ1v) is 8.86. The van der Waals surface area contributed by atoms with E-state index >= 15 is 0 Å². The summed E-state index contributed by atoms with van der Waals surface area (Å²) in [7, 11) is 0. The van der Waals surface area contributed by atoms with E-state index in [9.17, 15) is 4.79 Å². The number of fused-ring (bicyclic) bond motifs is 1. The summed E-state index contributed by atoms with van der Waals surface area (Å²) in [6.45, 7) is 2.30. The second-order valence-corrected chi connectivity index (χ2v) is 7.13. The van der Waals surface area contributed by atoms with Crippen molar-refractivity contribution in [1.82, 2.24) is 15.5 Å². The van der Waals surface area contributed by atoms with Crippen LogP contribution in [-0.4, -0.2) is 35.2 Å². The van der Waals surface area contributed by atoms with Gasteiger partial charge in [-0.1, -0.05) is 24.3 Å². The van der Waals surface area contributed by atoms with Gasteiger partial charge in [0.25, 0.3) is 0 Å². The van der Waals surface area contributed by atoms with Gasteiger partial charge in [-0.2, -0.15) is 0 Å². The molecule has 1 aromatic heterocycles. The maximum atomic E-state index is 11.0. The van der Waals surface area contributed by atoms with Crippen molar-refractivity contribution in [3.05, 3.63) is 42.0 Å². The lowest BCUT2D eigenvalue weighted by Gasteiger charge is -2.14. The van der Waals surface area contributed by atoms with Gasteiger partial charge in [-0.05, 0) is 55.5 Å². The third kappa shape index (κ3) is 5.09. The molecule has 1 saturated carbocycles. The molecule has 4 N–H and O–H groups in total. The molecule has 0 spiro atoms. The van der Waals surface area contributed by atoms with E-state index in [1.165, 1.54) is 12.8 Å². The fourth-order valence-electron chi connectivity index (χ4n) is 4.05. The van der Waals surface area contributed by atoms with E-state index in [0.29, 0.717) is 6.04 Å². The number of aromatic nitrogens is 2. The number of carbonyl (C=O) groups excluding carboxylic acids is 1. The second kappa shape index (κ2) is 9.35. The van der Waals surface area contributed by atoms with Crippen molar-refractivity contribution in [2.75, 3.05) is 18.4 Å². The highest BCUT2D eigenvalue weighted by Gasteiger charge is 2.37. The monoisotopic (exact) mass is 409 g/mol. The SMILES string of the molecule is Cl.Cl.NC(=O)Cc1ccc(-c2ccc(NC3C[C@H]4CNC[C@H]4C3)nn2)cc1. The molecule has 1 amide bonds.